The van der Waals surface area contributed by atoms with Gasteiger partial charge in [0.25, 0.3) is 0 Å². The highest BCUT2D eigenvalue weighted by Crippen LogP contribution is 2.28. The molecular weight excluding hydrogens is 594 g/mol. The van der Waals surface area contributed by atoms with E-state index in [4.69, 9.17) is 9.47 Å². The van der Waals surface area contributed by atoms with Crippen molar-refractivity contribution in [3.63, 3.8) is 0 Å². The Morgan fingerprint density at radius 2 is 1.28 bits per heavy atom. The van der Waals surface area contributed by atoms with E-state index < -0.39 is 5.97 Å². The summed E-state index contributed by atoms with van der Waals surface area (Å²) in [6.45, 7) is 0. The highest BCUT2D eigenvalue weighted by molar-refractivity contribution is 6.02. The predicted octanol–water partition coefficient (Wildman–Crippen LogP) is 8.02. The molecule has 1 saturated carbocycles. The third-order valence-corrected chi connectivity index (χ3v) is 8.13. The number of aromatic carboxylic acids is 1. The van der Waals surface area contributed by atoms with Gasteiger partial charge in [-0.15, -0.1) is 0 Å². The highest BCUT2D eigenvalue weighted by Gasteiger charge is 2.24. The number of anilines is 2. The van der Waals surface area contributed by atoms with Crippen molar-refractivity contribution in [2.45, 2.75) is 44.2 Å². The number of carboxylic acid groups (broad SMARTS) is 1. The van der Waals surface area contributed by atoms with E-state index in [2.05, 4.69) is 16.0 Å². The maximum Gasteiger partial charge on any atom is 0.337 e. The lowest BCUT2D eigenvalue weighted by molar-refractivity contribution is -0.115. The van der Waals surface area contributed by atoms with Crippen LogP contribution >= 0.6 is 0 Å². The Bertz CT molecular complexity index is 1860. The average Bonchev–Trinajstić information content (AvgIpc) is 3.08. The number of benzene rings is 5. The molecule has 1 aliphatic carbocycles. The second-order valence-electron chi connectivity index (χ2n) is 11.5. The molecule has 1 aliphatic rings. The standard InChI is InChI=1S/C38H35N3O6/c42-36(40-35-10-4-3-9-33(35)37(43)44)24-25-12-16-28(17-13-25)46-30-20-22-31(23-21-30)47-29-18-14-27(15-19-29)39-38(45)41-34-11-5-7-26-6-1-2-8-32(26)34/h1-13,16-17,20-23,27,29H,14-15,18-19,24H2,(H,40,42)(H,43,44)(H2,39,41,45). The molecule has 0 heterocycles. The van der Waals surface area contributed by atoms with Crippen molar-refractivity contribution in [2.75, 3.05) is 10.6 Å². The Balaban J connectivity index is 0.931. The predicted molar refractivity (Wildman–Crippen MR) is 181 cm³/mol. The maximum absolute atomic E-state index is 12.7. The van der Waals surface area contributed by atoms with Gasteiger partial charge in [0, 0.05) is 11.4 Å². The van der Waals surface area contributed by atoms with E-state index >= 15 is 0 Å². The summed E-state index contributed by atoms with van der Waals surface area (Å²) < 4.78 is 12.2. The summed E-state index contributed by atoms with van der Waals surface area (Å²) in [7, 11) is 0. The molecule has 5 aromatic carbocycles. The summed E-state index contributed by atoms with van der Waals surface area (Å²) in [6, 6.07) is 34.7. The third-order valence-electron chi connectivity index (χ3n) is 8.13. The minimum Gasteiger partial charge on any atom is -0.490 e. The number of para-hydroxylation sites is 1. The molecule has 47 heavy (non-hydrogen) atoms. The molecule has 0 unspecified atom stereocenters. The van der Waals surface area contributed by atoms with Crippen LogP contribution in [0.25, 0.3) is 10.8 Å². The van der Waals surface area contributed by atoms with Crippen LogP contribution in [0.2, 0.25) is 0 Å². The molecule has 0 spiro atoms. The molecule has 0 saturated heterocycles. The first kappa shape index (κ1) is 31.2. The van der Waals surface area contributed by atoms with Crippen LogP contribution in [0.3, 0.4) is 0 Å². The SMILES string of the molecule is O=C(Cc1ccc(Oc2ccc(OC3CCC(NC(=O)Nc4cccc5ccccc45)CC3)cc2)cc1)Nc1ccccc1C(=O)O. The van der Waals surface area contributed by atoms with Crippen LogP contribution in [0, 0.1) is 0 Å². The Labute approximate surface area is 272 Å². The molecule has 238 valence electrons. The van der Waals surface area contributed by atoms with Crippen LogP contribution in [0.15, 0.2) is 115 Å². The normalized spacial score (nSPS) is 15.7. The van der Waals surface area contributed by atoms with E-state index in [1.54, 1.807) is 42.5 Å². The summed E-state index contributed by atoms with van der Waals surface area (Å²) in [4.78, 5) is 36.6. The molecule has 4 N–H and O–H groups in total. The zero-order valence-electron chi connectivity index (χ0n) is 25.6. The minimum absolute atomic E-state index is 0.0420. The van der Waals surface area contributed by atoms with Crippen LogP contribution in [0.5, 0.6) is 17.2 Å². The van der Waals surface area contributed by atoms with Gasteiger partial charge >= 0.3 is 12.0 Å². The number of carbonyl (C=O) groups is 3. The molecule has 0 atom stereocenters. The van der Waals surface area contributed by atoms with Gasteiger partial charge in [0.2, 0.25) is 5.91 Å². The van der Waals surface area contributed by atoms with Gasteiger partial charge in [0.15, 0.2) is 0 Å². The van der Waals surface area contributed by atoms with Gasteiger partial charge in [-0.05, 0) is 91.2 Å². The van der Waals surface area contributed by atoms with E-state index in [-0.39, 0.29) is 41.8 Å². The number of ether oxygens (including phenoxy) is 2. The number of nitrogens with one attached hydrogen (secondary N) is 3. The van der Waals surface area contributed by atoms with Crippen molar-refractivity contribution in [1.29, 1.82) is 0 Å². The van der Waals surface area contributed by atoms with Crippen molar-refractivity contribution in [3.05, 3.63) is 126 Å². The van der Waals surface area contributed by atoms with Gasteiger partial charge in [-0.2, -0.15) is 0 Å². The molecule has 5 aromatic rings. The first-order valence-corrected chi connectivity index (χ1v) is 15.6. The zero-order valence-corrected chi connectivity index (χ0v) is 25.6. The Morgan fingerprint density at radius 1 is 0.660 bits per heavy atom. The van der Waals surface area contributed by atoms with E-state index in [0.717, 1.165) is 53.5 Å². The Hall–Kier alpha value is -5.83. The van der Waals surface area contributed by atoms with Crippen molar-refractivity contribution in [2.24, 2.45) is 0 Å². The van der Waals surface area contributed by atoms with Crippen molar-refractivity contribution >= 4 is 40.1 Å². The fourth-order valence-electron chi connectivity index (χ4n) is 5.75. The lowest BCUT2D eigenvalue weighted by Gasteiger charge is -2.29. The molecule has 9 heteroatoms. The van der Waals surface area contributed by atoms with Crippen molar-refractivity contribution in [3.8, 4) is 17.2 Å². The Kier molecular flexibility index (Phi) is 9.62. The average molecular weight is 630 g/mol. The van der Waals surface area contributed by atoms with Crippen molar-refractivity contribution in [1.82, 2.24) is 5.32 Å². The number of hydrogen-bond donors (Lipinski definition) is 4. The van der Waals surface area contributed by atoms with Gasteiger partial charge < -0.3 is 30.5 Å². The van der Waals surface area contributed by atoms with Crippen LogP contribution in [-0.2, 0) is 11.2 Å². The highest BCUT2D eigenvalue weighted by atomic mass is 16.5. The first-order chi connectivity index (χ1) is 22.9. The summed E-state index contributed by atoms with van der Waals surface area (Å²) in [5, 5.41) is 20.2. The largest absolute Gasteiger partial charge is 0.490 e. The van der Waals surface area contributed by atoms with Gasteiger partial charge in [0.05, 0.1) is 29.5 Å². The van der Waals surface area contributed by atoms with Gasteiger partial charge in [-0.3, -0.25) is 4.79 Å². The van der Waals surface area contributed by atoms with Crippen molar-refractivity contribution < 1.29 is 29.0 Å². The maximum atomic E-state index is 12.7. The summed E-state index contributed by atoms with van der Waals surface area (Å²) in [6.07, 6.45) is 3.52. The molecule has 1 fully saturated rings. The lowest BCUT2D eigenvalue weighted by atomic mass is 9.93. The van der Waals surface area contributed by atoms with Crippen LogP contribution < -0.4 is 25.4 Å². The fraction of sp³-hybridized carbons (Fsp3) is 0.184. The number of carbonyl (C=O) groups excluding carboxylic acids is 2. The number of fused-ring (bicyclic) bond motifs is 1. The smallest absolute Gasteiger partial charge is 0.337 e. The van der Waals surface area contributed by atoms with E-state index in [1.807, 2.05) is 66.7 Å². The molecule has 3 amide bonds. The second kappa shape index (κ2) is 14.5. The molecule has 0 radical (unpaired) electrons. The van der Waals surface area contributed by atoms with E-state index in [9.17, 15) is 19.5 Å². The summed E-state index contributed by atoms with van der Waals surface area (Å²) in [5.41, 5.74) is 1.87. The van der Waals surface area contributed by atoms with Crippen LogP contribution in [0.4, 0.5) is 16.2 Å². The van der Waals surface area contributed by atoms with Crippen LogP contribution in [0.1, 0.15) is 41.6 Å². The van der Waals surface area contributed by atoms with Crippen LogP contribution in [-0.4, -0.2) is 35.2 Å². The third kappa shape index (κ3) is 8.26. The number of urea groups is 1. The molecule has 0 aromatic heterocycles. The van der Waals surface area contributed by atoms with Gasteiger partial charge in [-0.25, -0.2) is 9.59 Å². The molecule has 0 aliphatic heterocycles. The monoisotopic (exact) mass is 629 g/mol. The Morgan fingerprint density at radius 3 is 2.02 bits per heavy atom. The van der Waals surface area contributed by atoms with E-state index in [1.165, 1.54) is 6.07 Å². The number of hydrogen-bond acceptors (Lipinski definition) is 5. The number of amides is 3. The fourth-order valence-corrected chi connectivity index (χ4v) is 5.75. The minimum atomic E-state index is -1.10. The summed E-state index contributed by atoms with van der Waals surface area (Å²) >= 11 is 0. The first-order valence-electron chi connectivity index (χ1n) is 15.6. The number of rotatable bonds is 10. The number of carboxylic acids is 1. The molecular formula is C38H35N3O6. The zero-order chi connectivity index (χ0) is 32.6. The van der Waals surface area contributed by atoms with Gasteiger partial charge in [0.1, 0.15) is 17.2 Å². The molecule has 0 bridgehead atoms. The van der Waals surface area contributed by atoms with Gasteiger partial charge in [-0.1, -0.05) is 60.7 Å². The molecule has 6 rings (SSSR count). The molecule has 9 nitrogen and oxygen atoms in total. The quantitative estimate of drug-likeness (QED) is 0.124. The topological polar surface area (TPSA) is 126 Å². The van der Waals surface area contributed by atoms with E-state index in [0.29, 0.717) is 11.5 Å². The second-order valence-corrected chi connectivity index (χ2v) is 11.5. The lowest BCUT2D eigenvalue weighted by Crippen LogP contribution is -2.41. The summed E-state index contributed by atoms with van der Waals surface area (Å²) in [5.74, 6) is 0.620.